The summed E-state index contributed by atoms with van der Waals surface area (Å²) in [6.07, 6.45) is 4.43. The molecular weight excluding hydrogens is 282 g/mol. The molecule has 0 aliphatic carbocycles. The quantitative estimate of drug-likeness (QED) is 0.749. The summed E-state index contributed by atoms with van der Waals surface area (Å²) in [5.74, 6) is 0. The van der Waals surface area contributed by atoms with Gasteiger partial charge >= 0.3 is 0 Å². The van der Waals surface area contributed by atoms with Crippen molar-refractivity contribution in [3.63, 3.8) is 0 Å². The summed E-state index contributed by atoms with van der Waals surface area (Å²) in [6.45, 7) is 10.9. The Hall–Kier alpha value is -2.29. The molecule has 0 bridgehead atoms. The first-order chi connectivity index (χ1) is 10.8. The number of nitrogens with zero attached hydrogens (tertiary/aromatic N) is 2. The minimum Gasteiger partial charge on any atom is -0.359 e. The standard InChI is InChI=1S/C20H23N3/c1-12-10-16-17(11-13(12)2)23-9-8-15-14(19(23)22-16)6-7-18(21-15)20(3,4)5/h6-11,19,22H,1-5H3. The number of pyridine rings is 1. The van der Waals surface area contributed by atoms with Crippen LogP contribution >= 0.6 is 0 Å². The van der Waals surface area contributed by atoms with Crippen LogP contribution < -0.4 is 10.2 Å². The van der Waals surface area contributed by atoms with E-state index in [4.69, 9.17) is 4.98 Å². The van der Waals surface area contributed by atoms with Gasteiger partial charge in [-0.1, -0.05) is 26.8 Å². The van der Waals surface area contributed by atoms with Crippen LogP contribution in [0.3, 0.4) is 0 Å². The van der Waals surface area contributed by atoms with Crippen LogP contribution in [0.25, 0.3) is 6.08 Å². The van der Waals surface area contributed by atoms with Gasteiger partial charge in [-0.15, -0.1) is 0 Å². The molecule has 118 valence electrons. The predicted octanol–water partition coefficient (Wildman–Crippen LogP) is 4.91. The number of benzene rings is 1. The van der Waals surface area contributed by atoms with E-state index in [1.54, 1.807) is 0 Å². The van der Waals surface area contributed by atoms with E-state index in [1.807, 2.05) is 0 Å². The molecule has 4 rings (SSSR count). The highest BCUT2D eigenvalue weighted by Crippen LogP contribution is 2.45. The first-order valence-corrected chi connectivity index (χ1v) is 8.20. The van der Waals surface area contributed by atoms with Crippen LogP contribution in [0.15, 0.2) is 30.5 Å². The summed E-state index contributed by atoms with van der Waals surface area (Å²) in [5.41, 5.74) is 8.62. The van der Waals surface area contributed by atoms with Gasteiger partial charge in [-0.05, 0) is 49.2 Å². The van der Waals surface area contributed by atoms with Crippen LogP contribution in [0.4, 0.5) is 11.4 Å². The predicted molar refractivity (Wildman–Crippen MR) is 96.7 cm³/mol. The van der Waals surface area contributed by atoms with E-state index in [1.165, 1.54) is 28.1 Å². The van der Waals surface area contributed by atoms with Crippen molar-refractivity contribution in [1.29, 1.82) is 0 Å². The number of hydrogen-bond acceptors (Lipinski definition) is 3. The highest BCUT2D eigenvalue weighted by Gasteiger charge is 2.33. The van der Waals surface area contributed by atoms with Crippen molar-refractivity contribution in [2.45, 2.75) is 46.2 Å². The largest absolute Gasteiger partial charge is 0.359 e. The smallest absolute Gasteiger partial charge is 0.132 e. The molecule has 2 aromatic rings. The molecule has 2 aliphatic rings. The van der Waals surface area contributed by atoms with Crippen LogP contribution in [-0.2, 0) is 5.41 Å². The Bertz CT molecular complexity index is 828. The van der Waals surface area contributed by atoms with Gasteiger partial charge in [-0.2, -0.15) is 0 Å². The summed E-state index contributed by atoms with van der Waals surface area (Å²) in [7, 11) is 0. The zero-order valence-corrected chi connectivity index (χ0v) is 14.4. The zero-order valence-electron chi connectivity index (χ0n) is 14.4. The maximum absolute atomic E-state index is 4.89. The Labute approximate surface area is 138 Å². The molecular formula is C20H23N3. The van der Waals surface area contributed by atoms with E-state index in [0.29, 0.717) is 0 Å². The van der Waals surface area contributed by atoms with Crippen LogP contribution in [0.5, 0.6) is 0 Å². The lowest BCUT2D eigenvalue weighted by Crippen LogP contribution is -2.27. The average molecular weight is 305 g/mol. The number of anilines is 2. The topological polar surface area (TPSA) is 28.2 Å². The number of rotatable bonds is 0. The van der Waals surface area contributed by atoms with Gasteiger partial charge in [0, 0.05) is 22.9 Å². The Balaban J connectivity index is 1.79. The fraction of sp³-hybridized carbons (Fsp3) is 0.350. The fourth-order valence-electron chi connectivity index (χ4n) is 3.30. The second-order valence-electron chi connectivity index (χ2n) is 7.64. The normalized spacial score (nSPS) is 18.3. The zero-order chi connectivity index (χ0) is 16.4. The van der Waals surface area contributed by atoms with Crippen molar-refractivity contribution in [3.05, 3.63) is 58.5 Å². The van der Waals surface area contributed by atoms with Gasteiger partial charge in [0.15, 0.2) is 0 Å². The van der Waals surface area contributed by atoms with Crippen molar-refractivity contribution >= 4 is 17.5 Å². The molecule has 1 N–H and O–H groups in total. The van der Waals surface area contributed by atoms with Gasteiger partial charge in [0.2, 0.25) is 0 Å². The molecule has 2 aliphatic heterocycles. The van der Waals surface area contributed by atoms with Gasteiger partial charge in [0.25, 0.3) is 0 Å². The van der Waals surface area contributed by atoms with Crippen molar-refractivity contribution < 1.29 is 0 Å². The molecule has 3 heterocycles. The summed E-state index contributed by atoms with van der Waals surface area (Å²) in [4.78, 5) is 7.20. The third-order valence-electron chi connectivity index (χ3n) is 4.87. The number of aryl methyl sites for hydroxylation is 2. The molecule has 1 unspecified atom stereocenters. The Morgan fingerprint density at radius 3 is 2.57 bits per heavy atom. The molecule has 1 aromatic carbocycles. The van der Waals surface area contributed by atoms with E-state index >= 15 is 0 Å². The van der Waals surface area contributed by atoms with E-state index in [9.17, 15) is 0 Å². The number of aromatic nitrogens is 1. The summed E-state index contributed by atoms with van der Waals surface area (Å²) in [5, 5.41) is 3.65. The van der Waals surface area contributed by atoms with E-state index in [2.05, 4.69) is 81.4 Å². The number of hydrogen-bond donors (Lipinski definition) is 1. The minimum absolute atomic E-state index is 0.0697. The molecule has 0 saturated heterocycles. The second kappa shape index (κ2) is 4.60. The Kier molecular flexibility index (Phi) is 2.87. The molecule has 0 radical (unpaired) electrons. The number of nitrogens with one attached hydrogen (secondary N) is 1. The first-order valence-electron chi connectivity index (χ1n) is 8.20. The van der Waals surface area contributed by atoms with Crippen molar-refractivity contribution in [3.8, 4) is 0 Å². The van der Waals surface area contributed by atoms with Crippen molar-refractivity contribution in [1.82, 2.24) is 4.98 Å². The highest BCUT2D eigenvalue weighted by atomic mass is 15.3. The molecule has 0 amide bonds. The summed E-state index contributed by atoms with van der Waals surface area (Å²) in [6, 6.07) is 8.90. The molecule has 3 nitrogen and oxygen atoms in total. The van der Waals surface area contributed by atoms with Crippen LogP contribution in [0.2, 0.25) is 0 Å². The average Bonchev–Trinajstić information content (AvgIpc) is 2.84. The number of fused-ring (bicyclic) bond motifs is 5. The molecule has 3 heteroatoms. The van der Waals surface area contributed by atoms with Gasteiger partial charge < -0.3 is 10.2 Å². The highest BCUT2D eigenvalue weighted by molar-refractivity contribution is 5.82. The van der Waals surface area contributed by atoms with Crippen molar-refractivity contribution in [2.24, 2.45) is 0 Å². The Morgan fingerprint density at radius 2 is 1.83 bits per heavy atom. The third-order valence-corrected chi connectivity index (χ3v) is 4.87. The lowest BCUT2D eigenvalue weighted by Gasteiger charge is -2.29. The fourth-order valence-corrected chi connectivity index (χ4v) is 3.30. The van der Waals surface area contributed by atoms with Crippen molar-refractivity contribution in [2.75, 3.05) is 10.2 Å². The molecule has 23 heavy (non-hydrogen) atoms. The molecule has 0 saturated carbocycles. The van der Waals surface area contributed by atoms with Crippen LogP contribution in [-0.4, -0.2) is 4.98 Å². The van der Waals surface area contributed by atoms with Gasteiger partial charge in [-0.25, -0.2) is 0 Å². The van der Waals surface area contributed by atoms with E-state index in [0.717, 1.165) is 11.4 Å². The maximum atomic E-state index is 4.89. The van der Waals surface area contributed by atoms with Crippen LogP contribution in [0.1, 0.15) is 55.0 Å². The third kappa shape index (κ3) is 2.14. The monoisotopic (exact) mass is 305 g/mol. The maximum Gasteiger partial charge on any atom is 0.132 e. The summed E-state index contributed by atoms with van der Waals surface area (Å²) >= 11 is 0. The van der Waals surface area contributed by atoms with Crippen LogP contribution in [0, 0.1) is 13.8 Å². The lowest BCUT2D eigenvalue weighted by molar-refractivity contribution is 0.566. The van der Waals surface area contributed by atoms with Gasteiger partial charge in [0.1, 0.15) is 6.17 Å². The Morgan fingerprint density at radius 1 is 1.09 bits per heavy atom. The summed E-state index contributed by atoms with van der Waals surface area (Å²) < 4.78 is 0. The molecule has 1 aromatic heterocycles. The first kappa shape index (κ1) is 14.3. The van der Waals surface area contributed by atoms with E-state index < -0.39 is 0 Å². The lowest BCUT2D eigenvalue weighted by atomic mass is 9.90. The second-order valence-corrected chi connectivity index (χ2v) is 7.64. The SMILES string of the molecule is Cc1cc2c(cc1C)N1C=Cc3nc(C(C)(C)C)ccc3C1N2. The molecule has 1 atom stereocenters. The van der Waals surface area contributed by atoms with Gasteiger partial charge in [0.05, 0.1) is 17.1 Å². The molecule has 0 spiro atoms. The van der Waals surface area contributed by atoms with Gasteiger partial charge in [-0.3, -0.25) is 4.98 Å². The minimum atomic E-state index is 0.0697. The molecule has 0 fully saturated rings. The van der Waals surface area contributed by atoms with E-state index in [-0.39, 0.29) is 11.6 Å².